The lowest BCUT2D eigenvalue weighted by Gasteiger charge is -2.32. The van der Waals surface area contributed by atoms with E-state index in [1.165, 1.54) is 180 Å². The molecule has 0 aliphatic carbocycles. The van der Waals surface area contributed by atoms with Gasteiger partial charge in [-0.15, -0.1) is 0 Å². The highest BCUT2D eigenvalue weighted by molar-refractivity contribution is 9.11. The van der Waals surface area contributed by atoms with Gasteiger partial charge in [0.2, 0.25) is 0 Å². The first-order chi connectivity index (χ1) is 36.9. The van der Waals surface area contributed by atoms with Gasteiger partial charge in [0.1, 0.15) is 5.60 Å². The first kappa shape index (κ1) is 66.4. The van der Waals surface area contributed by atoms with Crippen LogP contribution in [0.1, 0.15) is 218 Å². The van der Waals surface area contributed by atoms with Crippen LogP contribution in [0.5, 0.6) is 0 Å². The monoisotopic (exact) mass is 1190 g/mol. The van der Waals surface area contributed by atoms with Crippen molar-refractivity contribution < 1.29 is 18.8 Å². The zero-order chi connectivity index (χ0) is 57.6. The summed E-state index contributed by atoms with van der Waals surface area (Å²) >= 11 is 7.50. The molecule has 1 aliphatic rings. The van der Waals surface area contributed by atoms with Crippen molar-refractivity contribution in [3.05, 3.63) is 127 Å². The van der Waals surface area contributed by atoms with Gasteiger partial charge in [-0.25, -0.2) is 4.79 Å². The standard InChI is InChI=1S/C32H44N2.C18H28BNO4.C18H28Br2/c1-5-7-9-11-13-25-21-32(30-18-16-28(34)20-24(30)4)26(14-12-10-8-6-2)22-31(25)29-17-15-27(33)19-23(29)3;1-12-11-13(20-15(21)22-16(2,3)4)9-10-14(12)19-23-17(5,6)18(7,8)24-19;1-3-5-7-9-11-15-13-18(20)16(14-17(15)19)12-10-8-6-4-2/h15-22H,5-14,33-34H2,1-4H3;9-11H,1-8H3,(H,20,21);13-14H,3-12H2,1-2H3. The number of ether oxygens (including phenoxy) is 1. The first-order valence-electron chi connectivity index (χ1n) is 29.8. The Morgan fingerprint density at radius 1 is 0.513 bits per heavy atom. The van der Waals surface area contributed by atoms with Gasteiger partial charge in [0.25, 0.3) is 0 Å². The Kier molecular flexibility index (Phi) is 27.6. The number of hydrogen-bond acceptors (Lipinski definition) is 6. The predicted molar refractivity (Wildman–Crippen MR) is 346 cm³/mol. The fraction of sp³-hybridized carbons (Fsp3) is 0.544. The smallest absolute Gasteiger partial charge is 0.444 e. The fourth-order valence-electron chi connectivity index (χ4n) is 9.97. The number of rotatable bonds is 24. The number of unbranched alkanes of at least 4 members (excludes halogenated alkanes) is 12. The van der Waals surface area contributed by atoms with E-state index in [2.05, 4.69) is 127 Å². The summed E-state index contributed by atoms with van der Waals surface area (Å²) in [5.74, 6) is 0. The van der Waals surface area contributed by atoms with Gasteiger partial charge >= 0.3 is 13.2 Å². The minimum Gasteiger partial charge on any atom is -0.444 e. The van der Waals surface area contributed by atoms with Crippen LogP contribution < -0.4 is 22.2 Å². The third-order valence-electron chi connectivity index (χ3n) is 15.2. The van der Waals surface area contributed by atoms with Crippen LogP contribution in [0.2, 0.25) is 0 Å². The normalized spacial score (nSPS) is 13.6. The summed E-state index contributed by atoms with van der Waals surface area (Å²) in [6, 6.07) is 28.0. The molecule has 7 nitrogen and oxygen atoms in total. The predicted octanol–water partition coefficient (Wildman–Crippen LogP) is 20.1. The third-order valence-corrected chi connectivity index (χ3v) is 16.7. The highest BCUT2D eigenvalue weighted by Gasteiger charge is 2.52. The molecule has 6 rings (SSSR count). The number of amides is 1. The molecule has 5 N–H and O–H groups in total. The van der Waals surface area contributed by atoms with Crippen molar-refractivity contribution in [1.82, 2.24) is 0 Å². The van der Waals surface area contributed by atoms with Gasteiger partial charge in [0.15, 0.2) is 0 Å². The molecule has 0 aromatic heterocycles. The average Bonchev–Trinajstić information content (AvgIpc) is 3.75. The molecular formula is C68H100BBr2N3O4. The second kappa shape index (κ2) is 32.4. The van der Waals surface area contributed by atoms with E-state index in [0.29, 0.717) is 5.69 Å². The largest absolute Gasteiger partial charge is 0.495 e. The maximum atomic E-state index is 11.9. The van der Waals surface area contributed by atoms with Gasteiger partial charge in [0, 0.05) is 26.0 Å². The van der Waals surface area contributed by atoms with Gasteiger partial charge in [-0.3, -0.25) is 5.32 Å². The summed E-state index contributed by atoms with van der Waals surface area (Å²) in [6.45, 7) is 29.0. The van der Waals surface area contributed by atoms with E-state index in [1.807, 2.05) is 85.7 Å². The molecule has 5 aromatic carbocycles. The van der Waals surface area contributed by atoms with Gasteiger partial charge in [-0.1, -0.05) is 167 Å². The lowest BCUT2D eigenvalue weighted by molar-refractivity contribution is 0.00578. The maximum Gasteiger partial charge on any atom is 0.495 e. The molecule has 0 spiro atoms. The second-order valence-corrected chi connectivity index (χ2v) is 25.6. The number of aryl methyl sites for hydroxylation is 7. The minimum atomic E-state index is -0.526. The highest BCUT2D eigenvalue weighted by Crippen LogP contribution is 2.39. The Labute approximate surface area is 491 Å². The summed E-state index contributed by atoms with van der Waals surface area (Å²) in [5, 5.41) is 2.75. The Morgan fingerprint density at radius 2 is 0.897 bits per heavy atom. The van der Waals surface area contributed by atoms with Crippen molar-refractivity contribution >= 4 is 67.6 Å². The van der Waals surface area contributed by atoms with E-state index in [1.54, 1.807) is 0 Å². The molecule has 5 aromatic rings. The summed E-state index contributed by atoms with van der Waals surface area (Å²) < 4.78 is 20.0. The van der Waals surface area contributed by atoms with Crippen molar-refractivity contribution in [3.8, 4) is 22.3 Å². The number of benzene rings is 5. The summed E-state index contributed by atoms with van der Waals surface area (Å²) in [4.78, 5) is 11.9. The number of anilines is 3. The van der Waals surface area contributed by atoms with Crippen LogP contribution >= 0.6 is 31.9 Å². The van der Waals surface area contributed by atoms with E-state index in [4.69, 9.17) is 25.5 Å². The van der Waals surface area contributed by atoms with Crippen LogP contribution in [0, 0.1) is 20.8 Å². The van der Waals surface area contributed by atoms with Crippen LogP contribution in [-0.2, 0) is 39.7 Å². The van der Waals surface area contributed by atoms with Gasteiger partial charge in [-0.2, -0.15) is 0 Å². The lowest BCUT2D eigenvalue weighted by atomic mass is 9.76. The second-order valence-electron chi connectivity index (χ2n) is 23.9. The zero-order valence-corrected chi connectivity index (χ0v) is 53.9. The summed E-state index contributed by atoms with van der Waals surface area (Å²) in [7, 11) is -0.412. The zero-order valence-electron chi connectivity index (χ0n) is 50.8. The van der Waals surface area contributed by atoms with E-state index >= 15 is 0 Å². The first-order valence-corrected chi connectivity index (χ1v) is 31.3. The van der Waals surface area contributed by atoms with Crippen molar-refractivity contribution in [2.45, 2.75) is 242 Å². The number of carbonyl (C=O) groups is 1. The number of hydrogen-bond donors (Lipinski definition) is 3. The molecule has 78 heavy (non-hydrogen) atoms. The fourth-order valence-corrected chi connectivity index (χ4v) is 11.2. The Hall–Kier alpha value is -4.09. The van der Waals surface area contributed by atoms with Crippen LogP contribution in [0.25, 0.3) is 22.3 Å². The van der Waals surface area contributed by atoms with E-state index in [9.17, 15) is 4.79 Å². The summed E-state index contributed by atoms with van der Waals surface area (Å²) in [6.07, 6.45) is 24.9. The molecule has 0 bridgehead atoms. The molecule has 10 heteroatoms. The topological polar surface area (TPSA) is 109 Å². The number of carbonyl (C=O) groups excluding carboxylic acids is 1. The molecule has 1 aliphatic heterocycles. The van der Waals surface area contributed by atoms with Crippen LogP contribution in [0.4, 0.5) is 21.9 Å². The molecule has 1 amide bonds. The van der Waals surface area contributed by atoms with Crippen molar-refractivity contribution in [2.75, 3.05) is 16.8 Å². The SMILES string of the molecule is CCCCCCc1cc(-c2ccc(N)cc2C)c(CCCCCC)cc1-c1ccc(N)cc1C.CCCCCCc1cc(Br)c(CCCCCC)cc1Br.Cc1cc(NC(=O)OC(C)(C)C)ccc1B1OC(C)(C)C(C)(C)O1. The minimum absolute atomic E-state index is 0.377. The molecule has 1 heterocycles. The number of nitrogens with two attached hydrogens (primary N) is 2. The van der Waals surface area contributed by atoms with E-state index in [0.717, 1.165) is 35.2 Å². The number of nitrogens with one attached hydrogen (secondary N) is 1. The van der Waals surface area contributed by atoms with Crippen LogP contribution in [0.15, 0.2) is 87.8 Å². The van der Waals surface area contributed by atoms with Gasteiger partial charge in [-0.05, 0) is 236 Å². The van der Waals surface area contributed by atoms with Gasteiger partial charge < -0.3 is 25.5 Å². The molecule has 428 valence electrons. The maximum absolute atomic E-state index is 11.9. The van der Waals surface area contributed by atoms with Crippen molar-refractivity contribution in [1.29, 1.82) is 0 Å². The average molecular weight is 1190 g/mol. The van der Waals surface area contributed by atoms with Crippen LogP contribution in [-0.4, -0.2) is 30.0 Å². The molecule has 0 atom stereocenters. The molecule has 0 unspecified atom stereocenters. The summed E-state index contributed by atoms with van der Waals surface area (Å²) in [5.41, 5.74) is 28.9. The Bertz CT molecular complexity index is 2520. The Balaban J connectivity index is 0.000000263. The van der Waals surface area contributed by atoms with Crippen molar-refractivity contribution in [3.63, 3.8) is 0 Å². The molecular weight excluding hydrogens is 1090 g/mol. The molecule has 1 fully saturated rings. The van der Waals surface area contributed by atoms with Gasteiger partial charge in [0.05, 0.1) is 11.2 Å². The van der Waals surface area contributed by atoms with Crippen molar-refractivity contribution in [2.24, 2.45) is 0 Å². The van der Waals surface area contributed by atoms with E-state index in [-0.39, 0.29) is 11.2 Å². The third kappa shape index (κ3) is 21.1. The number of nitrogen functional groups attached to an aromatic ring is 2. The quantitative estimate of drug-likeness (QED) is 0.0323. The number of halogens is 2. The van der Waals surface area contributed by atoms with Crippen LogP contribution in [0.3, 0.4) is 0 Å². The Morgan fingerprint density at radius 3 is 1.24 bits per heavy atom. The van der Waals surface area contributed by atoms with E-state index < -0.39 is 18.8 Å². The molecule has 0 saturated carbocycles. The molecule has 1 saturated heterocycles. The molecule has 0 radical (unpaired) electrons. The highest BCUT2D eigenvalue weighted by atomic mass is 79.9. The lowest BCUT2D eigenvalue weighted by Crippen LogP contribution is -2.41.